The van der Waals surface area contributed by atoms with Gasteiger partial charge in [0.2, 0.25) is 0 Å². The second-order valence-electron chi connectivity index (χ2n) is 6.10. The zero-order valence-electron chi connectivity index (χ0n) is 14.0. The van der Waals surface area contributed by atoms with E-state index in [1.807, 2.05) is 35.2 Å². The first-order valence-corrected chi connectivity index (χ1v) is 8.28. The molecule has 1 aliphatic heterocycles. The van der Waals surface area contributed by atoms with E-state index in [0.29, 0.717) is 31.0 Å². The van der Waals surface area contributed by atoms with Crippen LogP contribution in [0.15, 0.2) is 47.1 Å². The first kappa shape index (κ1) is 15.5. The summed E-state index contributed by atoms with van der Waals surface area (Å²) in [6, 6.07) is 11.4. The lowest BCUT2D eigenvalue weighted by molar-refractivity contribution is 0.0731. The van der Waals surface area contributed by atoms with E-state index in [4.69, 9.17) is 9.15 Å². The van der Waals surface area contributed by atoms with Crippen LogP contribution in [-0.2, 0) is 19.6 Å². The highest BCUT2D eigenvalue weighted by Gasteiger charge is 2.27. The van der Waals surface area contributed by atoms with Gasteiger partial charge in [-0.25, -0.2) is 0 Å². The molecule has 0 aliphatic carbocycles. The quantitative estimate of drug-likeness (QED) is 0.794. The lowest BCUT2D eigenvalue weighted by Gasteiger charge is -2.27. The molecule has 1 aromatic carbocycles. The molecule has 128 valence electrons. The molecule has 25 heavy (non-hydrogen) atoms. The Morgan fingerprint density at radius 1 is 1.32 bits per heavy atom. The zero-order valence-corrected chi connectivity index (χ0v) is 14.0. The third-order valence-electron chi connectivity index (χ3n) is 4.51. The summed E-state index contributed by atoms with van der Waals surface area (Å²) < 4.78 is 11.1. The highest BCUT2D eigenvalue weighted by atomic mass is 16.5. The van der Waals surface area contributed by atoms with Crippen molar-refractivity contribution in [2.45, 2.75) is 26.5 Å². The number of aromatic nitrogens is 2. The number of H-pyrrole nitrogens is 1. The van der Waals surface area contributed by atoms with Gasteiger partial charge in [0.05, 0.1) is 11.8 Å². The summed E-state index contributed by atoms with van der Waals surface area (Å²) in [6.45, 7) is 3.38. The number of amides is 1. The van der Waals surface area contributed by atoms with Crippen molar-refractivity contribution < 1.29 is 13.9 Å². The summed E-state index contributed by atoms with van der Waals surface area (Å²) in [5.74, 6) is 1.45. The molecule has 6 heteroatoms. The second-order valence-corrected chi connectivity index (χ2v) is 6.10. The first-order chi connectivity index (χ1) is 12.2. The molecule has 1 N–H and O–H groups in total. The standard InChI is InChI=1S/C19H19N3O3/c1-13-15(8-10-24-13)19(23)22-9-7-17-16(11-22)18(21-20-17)12-25-14-5-3-2-4-6-14/h2-6,8,10H,7,9,11-12H2,1H3,(H,20,21). The van der Waals surface area contributed by atoms with Gasteiger partial charge in [-0.15, -0.1) is 0 Å². The number of rotatable bonds is 4. The summed E-state index contributed by atoms with van der Waals surface area (Å²) in [7, 11) is 0. The molecule has 0 fully saturated rings. The van der Waals surface area contributed by atoms with Crippen LogP contribution in [0, 0.1) is 6.92 Å². The maximum atomic E-state index is 12.7. The predicted octanol–water partition coefficient (Wildman–Crippen LogP) is 3.09. The monoisotopic (exact) mass is 337 g/mol. The lowest BCUT2D eigenvalue weighted by Crippen LogP contribution is -2.36. The van der Waals surface area contributed by atoms with Crippen LogP contribution >= 0.6 is 0 Å². The average Bonchev–Trinajstić information content (AvgIpc) is 3.26. The maximum Gasteiger partial charge on any atom is 0.257 e. The first-order valence-electron chi connectivity index (χ1n) is 8.28. The van der Waals surface area contributed by atoms with Crippen molar-refractivity contribution >= 4 is 5.91 Å². The van der Waals surface area contributed by atoms with Crippen molar-refractivity contribution in [3.63, 3.8) is 0 Å². The van der Waals surface area contributed by atoms with E-state index in [0.717, 1.165) is 29.1 Å². The number of aromatic amines is 1. The molecule has 2 aromatic heterocycles. The third kappa shape index (κ3) is 3.03. The molecule has 0 saturated carbocycles. The van der Waals surface area contributed by atoms with E-state index in [-0.39, 0.29) is 5.91 Å². The number of nitrogens with one attached hydrogen (secondary N) is 1. The number of hydrogen-bond donors (Lipinski definition) is 1. The Bertz CT molecular complexity index is 882. The van der Waals surface area contributed by atoms with Crippen molar-refractivity contribution in [3.05, 3.63) is 70.9 Å². The van der Waals surface area contributed by atoms with Crippen LogP contribution in [0.1, 0.15) is 33.1 Å². The Labute approximate surface area is 145 Å². The Hall–Kier alpha value is -3.02. The fourth-order valence-corrected chi connectivity index (χ4v) is 3.09. The second kappa shape index (κ2) is 6.47. The minimum atomic E-state index is -0.00646. The number of benzene rings is 1. The predicted molar refractivity (Wildman–Crippen MR) is 91.3 cm³/mol. The van der Waals surface area contributed by atoms with Gasteiger partial charge in [-0.1, -0.05) is 18.2 Å². The summed E-state index contributed by atoms with van der Waals surface area (Å²) in [6.07, 6.45) is 2.31. The fraction of sp³-hybridized carbons (Fsp3) is 0.263. The molecule has 0 unspecified atom stereocenters. The molecule has 0 atom stereocenters. The molecule has 4 rings (SSSR count). The van der Waals surface area contributed by atoms with Gasteiger partial charge in [0.15, 0.2) is 0 Å². The van der Waals surface area contributed by atoms with E-state index < -0.39 is 0 Å². The van der Waals surface area contributed by atoms with Crippen molar-refractivity contribution in [3.8, 4) is 5.75 Å². The van der Waals surface area contributed by atoms with Crippen LogP contribution in [0.25, 0.3) is 0 Å². The Morgan fingerprint density at radius 3 is 2.92 bits per heavy atom. The van der Waals surface area contributed by atoms with Crippen LogP contribution < -0.4 is 4.74 Å². The molecular formula is C19H19N3O3. The largest absolute Gasteiger partial charge is 0.487 e. The molecule has 0 spiro atoms. The molecular weight excluding hydrogens is 318 g/mol. The summed E-state index contributed by atoms with van der Waals surface area (Å²) in [5.41, 5.74) is 3.60. The average molecular weight is 337 g/mol. The van der Waals surface area contributed by atoms with Gasteiger partial charge in [0, 0.05) is 30.8 Å². The maximum absolute atomic E-state index is 12.7. The molecule has 0 saturated heterocycles. The number of carbonyl (C=O) groups is 1. The molecule has 0 radical (unpaired) electrons. The molecule has 0 bridgehead atoms. The van der Waals surface area contributed by atoms with Gasteiger partial charge in [-0.3, -0.25) is 9.89 Å². The van der Waals surface area contributed by atoms with Gasteiger partial charge < -0.3 is 14.1 Å². The number of fused-ring (bicyclic) bond motifs is 1. The topological polar surface area (TPSA) is 71.4 Å². The van der Waals surface area contributed by atoms with Gasteiger partial charge in [0.25, 0.3) is 5.91 Å². The van der Waals surface area contributed by atoms with Crippen molar-refractivity contribution in [2.75, 3.05) is 6.54 Å². The zero-order chi connectivity index (χ0) is 17.2. The van der Waals surface area contributed by atoms with Crippen molar-refractivity contribution in [2.24, 2.45) is 0 Å². The number of aryl methyl sites for hydroxylation is 1. The molecule has 3 heterocycles. The fourth-order valence-electron chi connectivity index (χ4n) is 3.09. The van der Waals surface area contributed by atoms with Crippen LogP contribution in [-0.4, -0.2) is 27.5 Å². The number of furan rings is 1. The van der Waals surface area contributed by atoms with Gasteiger partial charge >= 0.3 is 0 Å². The van der Waals surface area contributed by atoms with Gasteiger partial charge in [0.1, 0.15) is 23.8 Å². The van der Waals surface area contributed by atoms with E-state index >= 15 is 0 Å². The highest BCUT2D eigenvalue weighted by Crippen LogP contribution is 2.24. The van der Waals surface area contributed by atoms with Crippen molar-refractivity contribution in [1.82, 2.24) is 15.1 Å². The molecule has 3 aromatic rings. The van der Waals surface area contributed by atoms with E-state index in [9.17, 15) is 4.79 Å². The smallest absolute Gasteiger partial charge is 0.257 e. The summed E-state index contributed by atoms with van der Waals surface area (Å²) in [5, 5.41) is 7.46. The summed E-state index contributed by atoms with van der Waals surface area (Å²) >= 11 is 0. The van der Waals surface area contributed by atoms with Gasteiger partial charge in [-0.05, 0) is 25.1 Å². The van der Waals surface area contributed by atoms with Crippen LogP contribution in [0.5, 0.6) is 5.75 Å². The minimum Gasteiger partial charge on any atom is -0.487 e. The van der Waals surface area contributed by atoms with Gasteiger partial charge in [-0.2, -0.15) is 5.10 Å². The van der Waals surface area contributed by atoms with Crippen LogP contribution in [0.3, 0.4) is 0 Å². The molecule has 6 nitrogen and oxygen atoms in total. The van der Waals surface area contributed by atoms with E-state index in [2.05, 4.69) is 10.2 Å². The number of carbonyl (C=O) groups excluding carboxylic acids is 1. The Morgan fingerprint density at radius 2 is 2.16 bits per heavy atom. The number of para-hydroxylation sites is 1. The number of ether oxygens (including phenoxy) is 1. The molecule has 1 amide bonds. The molecule has 1 aliphatic rings. The Kier molecular flexibility index (Phi) is 4.01. The normalized spacial score (nSPS) is 13.6. The van der Waals surface area contributed by atoms with E-state index in [1.54, 1.807) is 19.3 Å². The number of nitrogens with zero attached hydrogens (tertiary/aromatic N) is 2. The van der Waals surface area contributed by atoms with Crippen LogP contribution in [0.2, 0.25) is 0 Å². The summed E-state index contributed by atoms with van der Waals surface area (Å²) in [4.78, 5) is 14.5. The third-order valence-corrected chi connectivity index (χ3v) is 4.51. The number of hydrogen-bond acceptors (Lipinski definition) is 4. The van der Waals surface area contributed by atoms with Crippen LogP contribution in [0.4, 0.5) is 0 Å². The van der Waals surface area contributed by atoms with Crippen molar-refractivity contribution in [1.29, 1.82) is 0 Å². The highest BCUT2D eigenvalue weighted by molar-refractivity contribution is 5.95. The van der Waals surface area contributed by atoms with E-state index in [1.165, 1.54) is 0 Å². The minimum absolute atomic E-state index is 0.00646. The Balaban J connectivity index is 1.49. The SMILES string of the molecule is Cc1occc1C(=O)N1CCc2[nH]nc(COc3ccccc3)c2C1. The lowest BCUT2D eigenvalue weighted by atomic mass is 10.0.